The van der Waals surface area contributed by atoms with E-state index < -0.39 is 5.97 Å². The van der Waals surface area contributed by atoms with Crippen LogP contribution in [0.3, 0.4) is 0 Å². The molecule has 6 heteroatoms. The molecule has 0 saturated carbocycles. The zero-order chi connectivity index (χ0) is 13.4. The zero-order valence-electron chi connectivity index (χ0n) is 10.00. The van der Waals surface area contributed by atoms with E-state index in [4.69, 9.17) is 17.0 Å². The van der Waals surface area contributed by atoms with Crippen LogP contribution in [0, 0.1) is 0 Å². The van der Waals surface area contributed by atoms with Crippen LogP contribution in [-0.2, 0) is 9.53 Å². The predicted octanol–water partition coefficient (Wildman–Crippen LogP) is 1.48. The molecule has 1 aromatic rings. The lowest BCUT2D eigenvalue weighted by atomic mass is 10.1. The molecule has 0 N–H and O–H groups in total. The van der Waals surface area contributed by atoms with E-state index in [9.17, 15) is 9.59 Å². The van der Waals surface area contributed by atoms with Gasteiger partial charge >= 0.3 is 5.97 Å². The predicted molar refractivity (Wildman–Crippen MR) is 76.4 cm³/mol. The van der Waals surface area contributed by atoms with E-state index in [1.807, 2.05) is 6.07 Å². The quantitative estimate of drug-likeness (QED) is 0.478. The Morgan fingerprint density at radius 3 is 2.74 bits per heavy atom. The first kappa shape index (κ1) is 12.6. The highest BCUT2D eigenvalue weighted by molar-refractivity contribution is 8.06. The van der Waals surface area contributed by atoms with Crippen molar-refractivity contribution in [2.75, 3.05) is 18.9 Å². The minimum absolute atomic E-state index is 0.107. The van der Waals surface area contributed by atoms with Crippen molar-refractivity contribution in [2.24, 2.45) is 0 Å². The van der Waals surface area contributed by atoms with Crippen LogP contribution in [0.5, 0.6) is 0 Å². The molecule has 1 atom stereocenters. The first-order valence-corrected chi connectivity index (χ1v) is 7.35. The number of amides is 1. The summed E-state index contributed by atoms with van der Waals surface area (Å²) < 4.78 is 5.11. The van der Waals surface area contributed by atoms with Gasteiger partial charge in [0, 0.05) is 16.6 Å². The van der Waals surface area contributed by atoms with Gasteiger partial charge in [0.15, 0.2) is 0 Å². The van der Waals surface area contributed by atoms with Crippen LogP contribution >= 0.6 is 24.0 Å². The largest absolute Gasteiger partial charge is 0.463 e. The number of fused-ring (bicyclic) bond motifs is 1. The second-order valence-electron chi connectivity index (χ2n) is 4.38. The number of thioether (sulfide) groups is 1. The Morgan fingerprint density at radius 1 is 1.42 bits per heavy atom. The number of hydrogen-bond acceptors (Lipinski definition) is 5. The average Bonchev–Trinajstić information content (AvgIpc) is 3.22. The van der Waals surface area contributed by atoms with Gasteiger partial charge in [-0.05, 0) is 6.07 Å². The Labute approximate surface area is 120 Å². The van der Waals surface area contributed by atoms with Crippen LogP contribution in [0.15, 0.2) is 24.3 Å². The molecule has 0 radical (unpaired) electrons. The molecule has 1 amide bonds. The number of hydrogen-bond donors (Lipinski definition) is 0. The van der Waals surface area contributed by atoms with Gasteiger partial charge in [-0.2, -0.15) is 11.8 Å². The number of carbonyl (C=O) groups is 2. The van der Waals surface area contributed by atoms with Crippen LogP contribution in [0.25, 0.3) is 0 Å². The Bertz CT molecular complexity index is 534. The molecule has 2 aliphatic rings. The Balaban J connectivity index is 1.67. The Hall–Kier alpha value is -1.40. The smallest absolute Gasteiger partial charge is 0.326 e. The summed E-state index contributed by atoms with van der Waals surface area (Å²) in [6.45, 7) is 0.314. The van der Waals surface area contributed by atoms with Crippen molar-refractivity contribution >= 4 is 40.8 Å². The molecule has 1 fully saturated rings. The molecule has 0 bridgehead atoms. The van der Waals surface area contributed by atoms with E-state index in [2.05, 4.69) is 0 Å². The fourth-order valence-electron chi connectivity index (χ4n) is 1.91. The number of thiocarbonyl (C=S) groups is 1. The molecule has 2 aliphatic heterocycles. The number of rotatable bonds is 4. The van der Waals surface area contributed by atoms with Crippen molar-refractivity contribution in [3.05, 3.63) is 35.4 Å². The van der Waals surface area contributed by atoms with Crippen LogP contribution in [0.1, 0.15) is 15.9 Å². The maximum atomic E-state index is 12.1. The van der Waals surface area contributed by atoms with Gasteiger partial charge < -0.3 is 4.74 Å². The molecule has 1 aromatic carbocycles. The normalized spacial score (nSPS) is 20.4. The summed E-state index contributed by atoms with van der Waals surface area (Å²) >= 11 is 6.99. The molecular formula is C13H11NO3S2. The fourth-order valence-corrected chi connectivity index (χ4v) is 2.63. The SMILES string of the molecule is O=C(CN1C(=O)c2ccccc2C1=S)OCC1CS1. The molecule has 0 aromatic heterocycles. The molecule has 98 valence electrons. The number of benzene rings is 1. The summed E-state index contributed by atoms with van der Waals surface area (Å²) in [6.07, 6.45) is 0. The van der Waals surface area contributed by atoms with Crippen molar-refractivity contribution in [1.29, 1.82) is 0 Å². The maximum absolute atomic E-state index is 12.1. The van der Waals surface area contributed by atoms with E-state index in [0.29, 0.717) is 28.0 Å². The van der Waals surface area contributed by atoms with E-state index >= 15 is 0 Å². The summed E-state index contributed by atoms with van der Waals surface area (Å²) in [6, 6.07) is 7.12. The molecule has 19 heavy (non-hydrogen) atoms. The van der Waals surface area contributed by atoms with Crippen LogP contribution < -0.4 is 0 Å². The molecule has 1 saturated heterocycles. The summed E-state index contributed by atoms with van der Waals surface area (Å²) in [5, 5.41) is 0.433. The lowest BCUT2D eigenvalue weighted by Crippen LogP contribution is -2.35. The van der Waals surface area contributed by atoms with E-state index in [-0.39, 0.29) is 12.5 Å². The first-order chi connectivity index (χ1) is 9.16. The van der Waals surface area contributed by atoms with Gasteiger partial charge in [0.2, 0.25) is 0 Å². The topological polar surface area (TPSA) is 46.6 Å². The van der Waals surface area contributed by atoms with Gasteiger partial charge in [-0.3, -0.25) is 14.5 Å². The van der Waals surface area contributed by atoms with Gasteiger partial charge in [-0.25, -0.2) is 0 Å². The third kappa shape index (κ3) is 2.50. The van der Waals surface area contributed by atoms with Crippen molar-refractivity contribution in [1.82, 2.24) is 4.90 Å². The highest BCUT2D eigenvalue weighted by atomic mass is 32.2. The van der Waals surface area contributed by atoms with Gasteiger partial charge in [0.25, 0.3) is 5.91 Å². The van der Waals surface area contributed by atoms with Crippen LogP contribution in [0.4, 0.5) is 0 Å². The van der Waals surface area contributed by atoms with Gasteiger partial charge in [0.1, 0.15) is 18.1 Å². The highest BCUT2D eigenvalue weighted by Gasteiger charge is 2.34. The number of ether oxygens (including phenoxy) is 1. The highest BCUT2D eigenvalue weighted by Crippen LogP contribution is 2.30. The second-order valence-corrected chi connectivity index (χ2v) is 6.10. The lowest BCUT2D eigenvalue weighted by molar-refractivity contribution is -0.143. The van der Waals surface area contributed by atoms with E-state index in [1.165, 1.54) is 4.90 Å². The molecule has 0 aliphatic carbocycles. The van der Waals surface area contributed by atoms with Crippen molar-refractivity contribution in [3.8, 4) is 0 Å². The average molecular weight is 293 g/mol. The summed E-state index contributed by atoms with van der Waals surface area (Å²) in [7, 11) is 0. The molecule has 4 nitrogen and oxygen atoms in total. The molecule has 0 spiro atoms. The van der Waals surface area contributed by atoms with Gasteiger partial charge in [0.05, 0.1) is 5.56 Å². The summed E-state index contributed by atoms with van der Waals surface area (Å²) in [5.74, 6) is 0.411. The standard InChI is InChI=1S/C13H11NO3S2/c15-11(17-6-8-7-19-8)5-14-12(16)9-3-1-2-4-10(9)13(14)18/h1-4,8H,5-7H2. The Kier molecular flexibility index (Phi) is 3.28. The third-order valence-corrected chi connectivity index (χ3v) is 4.38. The minimum atomic E-state index is -0.406. The summed E-state index contributed by atoms with van der Waals surface area (Å²) in [4.78, 5) is 25.5. The monoisotopic (exact) mass is 293 g/mol. The van der Waals surface area contributed by atoms with Crippen molar-refractivity contribution < 1.29 is 14.3 Å². The molecule has 1 unspecified atom stereocenters. The van der Waals surface area contributed by atoms with Crippen LogP contribution in [-0.4, -0.2) is 45.9 Å². The van der Waals surface area contributed by atoms with Gasteiger partial charge in [-0.15, -0.1) is 0 Å². The second kappa shape index (κ2) is 4.94. The van der Waals surface area contributed by atoms with E-state index in [0.717, 1.165) is 5.75 Å². The maximum Gasteiger partial charge on any atom is 0.326 e. The number of esters is 1. The fraction of sp³-hybridized carbons (Fsp3) is 0.308. The number of carbonyl (C=O) groups excluding carboxylic acids is 2. The summed E-state index contributed by atoms with van der Waals surface area (Å²) in [5.41, 5.74) is 1.27. The zero-order valence-corrected chi connectivity index (χ0v) is 11.6. The molecular weight excluding hydrogens is 282 g/mol. The van der Waals surface area contributed by atoms with Gasteiger partial charge in [-0.1, -0.05) is 30.4 Å². The first-order valence-electron chi connectivity index (χ1n) is 5.89. The molecule has 3 rings (SSSR count). The van der Waals surface area contributed by atoms with Crippen LogP contribution in [0.2, 0.25) is 0 Å². The van der Waals surface area contributed by atoms with Crippen molar-refractivity contribution in [3.63, 3.8) is 0 Å². The third-order valence-electron chi connectivity index (χ3n) is 3.00. The lowest BCUT2D eigenvalue weighted by Gasteiger charge is -2.14. The minimum Gasteiger partial charge on any atom is -0.463 e. The molecule has 2 heterocycles. The number of nitrogens with zero attached hydrogens (tertiary/aromatic N) is 1. The Morgan fingerprint density at radius 2 is 2.11 bits per heavy atom. The van der Waals surface area contributed by atoms with E-state index in [1.54, 1.807) is 30.0 Å². The van der Waals surface area contributed by atoms with Crippen molar-refractivity contribution in [2.45, 2.75) is 5.25 Å².